The van der Waals surface area contributed by atoms with Gasteiger partial charge in [0.25, 0.3) is 0 Å². The minimum absolute atomic E-state index is 0.0248. The number of aryl methyl sites for hydroxylation is 1. The van der Waals surface area contributed by atoms with E-state index in [0.29, 0.717) is 12.5 Å². The van der Waals surface area contributed by atoms with E-state index >= 15 is 0 Å². The van der Waals surface area contributed by atoms with Crippen LogP contribution in [0.5, 0.6) is 5.75 Å². The van der Waals surface area contributed by atoms with Crippen molar-refractivity contribution in [1.29, 1.82) is 0 Å². The van der Waals surface area contributed by atoms with Gasteiger partial charge in [0.15, 0.2) is 0 Å². The van der Waals surface area contributed by atoms with E-state index < -0.39 is 0 Å². The largest absolute Gasteiger partial charge is 0.488 e. The van der Waals surface area contributed by atoms with E-state index in [0.717, 1.165) is 12.2 Å². The molecular formula is C16H23ClO2. The number of benzene rings is 1. The molecule has 0 bridgehead atoms. The molecule has 0 amide bonds. The zero-order valence-electron chi connectivity index (χ0n) is 12.2. The molecule has 19 heavy (non-hydrogen) atoms. The van der Waals surface area contributed by atoms with E-state index in [-0.39, 0.29) is 17.6 Å². The molecule has 1 saturated carbocycles. The Kier molecular flexibility index (Phi) is 4.75. The van der Waals surface area contributed by atoms with Crippen LogP contribution >= 0.6 is 11.6 Å². The zero-order chi connectivity index (χ0) is 14.0. The minimum atomic E-state index is 0.0248. The first kappa shape index (κ1) is 14.7. The maximum absolute atomic E-state index is 6.15. The fourth-order valence-corrected chi connectivity index (χ4v) is 3.00. The predicted octanol–water partition coefficient (Wildman–Crippen LogP) is 4.28. The van der Waals surface area contributed by atoms with Crippen molar-refractivity contribution in [3.8, 4) is 5.75 Å². The summed E-state index contributed by atoms with van der Waals surface area (Å²) in [6.45, 7) is 9.21. The lowest BCUT2D eigenvalue weighted by Crippen LogP contribution is -2.52. The monoisotopic (exact) mass is 282 g/mol. The van der Waals surface area contributed by atoms with Crippen LogP contribution in [0.15, 0.2) is 18.2 Å². The molecule has 1 aromatic carbocycles. The van der Waals surface area contributed by atoms with Crippen molar-refractivity contribution in [3.05, 3.63) is 29.3 Å². The first-order valence-electron chi connectivity index (χ1n) is 7.05. The molecule has 2 nitrogen and oxygen atoms in total. The average molecular weight is 283 g/mol. The molecule has 0 saturated heterocycles. The third kappa shape index (κ3) is 3.24. The summed E-state index contributed by atoms with van der Waals surface area (Å²) >= 11 is 6.15. The lowest BCUT2D eigenvalue weighted by Gasteiger charge is -2.40. The third-order valence-corrected chi connectivity index (χ3v) is 4.12. The summed E-state index contributed by atoms with van der Waals surface area (Å²) in [5.41, 5.74) is 2.65. The van der Waals surface area contributed by atoms with Crippen molar-refractivity contribution < 1.29 is 9.47 Å². The number of hydrogen-bond acceptors (Lipinski definition) is 2. The number of rotatable bonds is 5. The van der Waals surface area contributed by atoms with Crippen LogP contribution in [0, 0.1) is 6.92 Å². The highest BCUT2D eigenvalue weighted by Gasteiger charge is 2.42. The molecule has 1 aromatic rings. The Morgan fingerprint density at radius 3 is 2.63 bits per heavy atom. The van der Waals surface area contributed by atoms with Crippen molar-refractivity contribution in [1.82, 2.24) is 0 Å². The van der Waals surface area contributed by atoms with Gasteiger partial charge in [-0.25, -0.2) is 0 Å². The Morgan fingerprint density at radius 2 is 2.11 bits per heavy atom. The van der Waals surface area contributed by atoms with Gasteiger partial charge in [0.1, 0.15) is 18.0 Å². The molecule has 3 unspecified atom stereocenters. The highest BCUT2D eigenvalue weighted by Crippen LogP contribution is 2.34. The number of halogens is 1. The molecule has 1 fully saturated rings. The smallest absolute Gasteiger partial charge is 0.128 e. The summed E-state index contributed by atoms with van der Waals surface area (Å²) in [5, 5.41) is 0.0842. The van der Waals surface area contributed by atoms with Crippen LogP contribution in [0.1, 0.15) is 44.2 Å². The second-order valence-corrected chi connectivity index (χ2v) is 6.06. The van der Waals surface area contributed by atoms with Crippen LogP contribution in [0.2, 0.25) is 0 Å². The topological polar surface area (TPSA) is 18.5 Å². The molecule has 2 rings (SSSR count). The Bertz CT molecular complexity index is 431. The molecule has 3 heteroatoms. The lowest BCUT2D eigenvalue weighted by atomic mass is 9.90. The van der Waals surface area contributed by atoms with E-state index in [1.807, 2.05) is 13.0 Å². The molecule has 1 aliphatic carbocycles. The van der Waals surface area contributed by atoms with Crippen molar-refractivity contribution in [2.75, 3.05) is 6.61 Å². The van der Waals surface area contributed by atoms with Crippen LogP contribution in [0.25, 0.3) is 0 Å². The summed E-state index contributed by atoms with van der Waals surface area (Å²) in [5.74, 6) is 1.46. The Balaban J connectivity index is 2.02. The van der Waals surface area contributed by atoms with Gasteiger partial charge in [0, 0.05) is 13.0 Å². The predicted molar refractivity (Wildman–Crippen MR) is 79.4 cm³/mol. The Hall–Kier alpha value is -0.730. The Labute approximate surface area is 121 Å². The summed E-state index contributed by atoms with van der Waals surface area (Å²) in [6, 6.07) is 6.31. The van der Waals surface area contributed by atoms with Gasteiger partial charge in [-0.1, -0.05) is 19.9 Å². The number of ether oxygens (including phenoxy) is 2. The molecule has 0 radical (unpaired) electrons. The molecule has 0 spiro atoms. The van der Waals surface area contributed by atoms with E-state index in [1.165, 1.54) is 11.1 Å². The maximum atomic E-state index is 6.15. The minimum Gasteiger partial charge on any atom is -0.488 e. The SMILES string of the molecule is CCOC1C(Cl)CC1Oc1ccc(C(C)C)c(C)c1. The van der Waals surface area contributed by atoms with Crippen LogP contribution in [-0.4, -0.2) is 24.2 Å². The van der Waals surface area contributed by atoms with Gasteiger partial charge in [0.05, 0.1) is 5.38 Å². The highest BCUT2D eigenvalue weighted by molar-refractivity contribution is 6.21. The van der Waals surface area contributed by atoms with Crippen molar-refractivity contribution >= 4 is 11.6 Å². The van der Waals surface area contributed by atoms with Gasteiger partial charge in [-0.05, 0) is 43.0 Å². The molecular weight excluding hydrogens is 260 g/mol. The summed E-state index contributed by atoms with van der Waals surface area (Å²) in [4.78, 5) is 0. The van der Waals surface area contributed by atoms with E-state index in [9.17, 15) is 0 Å². The van der Waals surface area contributed by atoms with Gasteiger partial charge in [0.2, 0.25) is 0 Å². The third-order valence-electron chi connectivity index (χ3n) is 3.69. The molecule has 106 valence electrons. The van der Waals surface area contributed by atoms with Gasteiger partial charge in [-0.3, -0.25) is 0 Å². The second-order valence-electron chi connectivity index (χ2n) is 5.50. The van der Waals surface area contributed by atoms with Crippen molar-refractivity contribution in [2.24, 2.45) is 0 Å². The van der Waals surface area contributed by atoms with Crippen molar-refractivity contribution in [3.63, 3.8) is 0 Å². The summed E-state index contributed by atoms with van der Waals surface area (Å²) < 4.78 is 11.6. The highest BCUT2D eigenvalue weighted by atomic mass is 35.5. The summed E-state index contributed by atoms with van der Waals surface area (Å²) in [6.07, 6.45) is 0.973. The van der Waals surface area contributed by atoms with Gasteiger partial charge < -0.3 is 9.47 Å². The van der Waals surface area contributed by atoms with Crippen LogP contribution in [-0.2, 0) is 4.74 Å². The van der Waals surface area contributed by atoms with Crippen LogP contribution in [0.4, 0.5) is 0 Å². The van der Waals surface area contributed by atoms with Gasteiger partial charge in [-0.15, -0.1) is 11.6 Å². The fraction of sp³-hybridized carbons (Fsp3) is 0.625. The average Bonchev–Trinajstić information content (AvgIpc) is 2.35. The Morgan fingerprint density at radius 1 is 1.37 bits per heavy atom. The lowest BCUT2D eigenvalue weighted by molar-refractivity contribution is -0.0759. The first-order valence-corrected chi connectivity index (χ1v) is 7.49. The fourth-order valence-electron chi connectivity index (χ4n) is 2.59. The number of hydrogen-bond donors (Lipinski definition) is 0. The number of alkyl halides is 1. The second kappa shape index (κ2) is 6.15. The standard InChI is InChI=1S/C16H23ClO2/c1-5-18-16-14(17)9-15(16)19-12-6-7-13(10(2)3)11(4)8-12/h6-8,10,14-16H,5,9H2,1-4H3. The first-order chi connectivity index (χ1) is 9.02. The molecule has 1 aliphatic rings. The van der Waals surface area contributed by atoms with E-state index in [4.69, 9.17) is 21.1 Å². The molecule has 0 heterocycles. The van der Waals surface area contributed by atoms with Gasteiger partial charge in [-0.2, -0.15) is 0 Å². The molecule has 0 aliphatic heterocycles. The van der Waals surface area contributed by atoms with Gasteiger partial charge >= 0.3 is 0 Å². The van der Waals surface area contributed by atoms with Crippen LogP contribution in [0.3, 0.4) is 0 Å². The quantitative estimate of drug-likeness (QED) is 0.751. The van der Waals surface area contributed by atoms with E-state index in [2.05, 4.69) is 32.9 Å². The van der Waals surface area contributed by atoms with E-state index in [1.54, 1.807) is 0 Å². The van der Waals surface area contributed by atoms with Crippen LogP contribution < -0.4 is 4.74 Å². The maximum Gasteiger partial charge on any atom is 0.128 e. The molecule has 3 atom stereocenters. The zero-order valence-corrected chi connectivity index (χ0v) is 12.9. The van der Waals surface area contributed by atoms with Crippen molar-refractivity contribution in [2.45, 2.75) is 57.6 Å². The normalized spacial score (nSPS) is 26.3. The molecule has 0 aromatic heterocycles. The molecule has 0 N–H and O–H groups in total. The summed E-state index contributed by atoms with van der Waals surface area (Å²) in [7, 11) is 0.